The molecule has 0 aliphatic heterocycles. The maximum Gasteiger partial charge on any atom is 0.337 e. The van der Waals surface area contributed by atoms with Gasteiger partial charge in [0, 0.05) is 19.2 Å². The molecule has 0 spiro atoms. The van der Waals surface area contributed by atoms with Crippen LogP contribution in [0.25, 0.3) is 10.8 Å². The van der Waals surface area contributed by atoms with Crippen molar-refractivity contribution >= 4 is 16.7 Å². The molecular formula is C30H39NO4. The van der Waals surface area contributed by atoms with Gasteiger partial charge in [0.1, 0.15) is 6.61 Å². The third kappa shape index (κ3) is 7.03. The average Bonchev–Trinajstić information content (AvgIpc) is 2.90. The van der Waals surface area contributed by atoms with Crippen LogP contribution >= 0.6 is 0 Å². The van der Waals surface area contributed by atoms with Crippen molar-refractivity contribution in [1.82, 2.24) is 5.32 Å². The molecule has 5 heteroatoms. The summed E-state index contributed by atoms with van der Waals surface area (Å²) in [5.41, 5.74) is 2.03. The van der Waals surface area contributed by atoms with E-state index in [2.05, 4.69) is 66.9 Å². The second-order valence-electron chi connectivity index (χ2n) is 9.74. The van der Waals surface area contributed by atoms with Crippen LogP contribution in [0.3, 0.4) is 0 Å². The SMILES string of the molecule is COCCOCCOC(=O)C1=CCC([C@H]2CCCC(NC(C)c3cccc4ccccc34)C2)C=C1. The Labute approximate surface area is 209 Å². The molecule has 0 saturated heterocycles. The Kier molecular flexibility index (Phi) is 9.52. The zero-order valence-corrected chi connectivity index (χ0v) is 21.1. The molecule has 3 unspecified atom stereocenters. The molecule has 4 atom stereocenters. The number of benzene rings is 2. The van der Waals surface area contributed by atoms with E-state index >= 15 is 0 Å². The minimum absolute atomic E-state index is 0.262. The Morgan fingerprint density at radius 1 is 1.06 bits per heavy atom. The van der Waals surface area contributed by atoms with Gasteiger partial charge < -0.3 is 19.5 Å². The van der Waals surface area contributed by atoms with Crippen molar-refractivity contribution in [3.8, 4) is 0 Å². The largest absolute Gasteiger partial charge is 0.460 e. The Bertz CT molecular complexity index is 1020. The maximum absolute atomic E-state index is 12.3. The summed E-state index contributed by atoms with van der Waals surface area (Å²) in [6.45, 7) is 4.00. The van der Waals surface area contributed by atoms with Crippen molar-refractivity contribution in [2.24, 2.45) is 11.8 Å². The van der Waals surface area contributed by atoms with Crippen molar-refractivity contribution in [2.45, 2.75) is 51.1 Å². The van der Waals surface area contributed by atoms with Crippen molar-refractivity contribution < 1.29 is 19.0 Å². The summed E-state index contributed by atoms with van der Waals surface area (Å²) >= 11 is 0. The number of hydrogen-bond acceptors (Lipinski definition) is 5. The molecule has 0 aromatic heterocycles. The van der Waals surface area contributed by atoms with Crippen molar-refractivity contribution in [3.63, 3.8) is 0 Å². The Balaban J connectivity index is 1.25. The average molecular weight is 478 g/mol. The first-order chi connectivity index (χ1) is 17.2. The summed E-state index contributed by atoms with van der Waals surface area (Å²) in [5, 5.41) is 6.57. The lowest BCUT2D eigenvalue weighted by molar-refractivity contribution is -0.140. The summed E-state index contributed by atoms with van der Waals surface area (Å²) in [6, 6.07) is 16.1. The van der Waals surface area contributed by atoms with Crippen LogP contribution in [0, 0.1) is 11.8 Å². The highest BCUT2D eigenvalue weighted by Gasteiger charge is 2.29. The first-order valence-corrected chi connectivity index (χ1v) is 13.0. The van der Waals surface area contributed by atoms with Gasteiger partial charge in [0.15, 0.2) is 0 Å². The highest BCUT2D eigenvalue weighted by Crippen LogP contribution is 2.36. The lowest BCUT2D eigenvalue weighted by atomic mass is 9.75. The molecule has 188 valence electrons. The van der Waals surface area contributed by atoms with Gasteiger partial charge in [0.2, 0.25) is 0 Å². The molecule has 2 aromatic rings. The zero-order valence-electron chi connectivity index (χ0n) is 21.1. The van der Waals surface area contributed by atoms with E-state index in [1.807, 2.05) is 6.08 Å². The quantitative estimate of drug-likeness (QED) is 0.329. The van der Waals surface area contributed by atoms with Gasteiger partial charge in [-0.3, -0.25) is 0 Å². The number of rotatable bonds is 11. The molecule has 4 rings (SSSR count). The molecule has 35 heavy (non-hydrogen) atoms. The van der Waals surface area contributed by atoms with Gasteiger partial charge in [-0.2, -0.15) is 0 Å². The highest BCUT2D eigenvalue weighted by molar-refractivity contribution is 5.91. The van der Waals surface area contributed by atoms with Crippen LogP contribution in [-0.2, 0) is 19.0 Å². The van der Waals surface area contributed by atoms with E-state index in [4.69, 9.17) is 14.2 Å². The van der Waals surface area contributed by atoms with Gasteiger partial charge in [0.25, 0.3) is 0 Å². The van der Waals surface area contributed by atoms with Crippen molar-refractivity contribution in [2.75, 3.05) is 33.5 Å². The number of hydrogen-bond donors (Lipinski definition) is 1. The number of allylic oxidation sites excluding steroid dienone is 2. The summed E-state index contributed by atoms with van der Waals surface area (Å²) in [5.74, 6) is 0.865. The van der Waals surface area contributed by atoms with Crippen LogP contribution in [0.1, 0.15) is 50.6 Å². The van der Waals surface area contributed by atoms with E-state index in [1.165, 1.54) is 42.0 Å². The summed E-state index contributed by atoms with van der Waals surface area (Å²) in [4.78, 5) is 12.3. The van der Waals surface area contributed by atoms with Gasteiger partial charge in [-0.25, -0.2) is 4.79 Å². The van der Waals surface area contributed by atoms with Crippen LogP contribution in [0.4, 0.5) is 0 Å². The van der Waals surface area contributed by atoms with Gasteiger partial charge in [-0.1, -0.05) is 67.1 Å². The molecule has 0 bridgehead atoms. The number of esters is 1. The molecule has 1 N–H and O–H groups in total. The first-order valence-electron chi connectivity index (χ1n) is 13.0. The normalized spacial score (nSPS) is 23.1. The van der Waals surface area contributed by atoms with Crippen LogP contribution in [0.15, 0.2) is 66.3 Å². The van der Waals surface area contributed by atoms with E-state index in [-0.39, 0.29) is 12.6 Å². The molecule has 1 fully saturated rings. The maximum atomic E-state index is 12.3. The number of ether oxygens (including phenoxy) is 3. The van der Waals surface area contributed by atoms with E-state index in [9.17, 15) is 4.79 Å². The second-order valence-corrected chi connectivity index (χ2v) is 9.74. The topological polar surface area (TPSA) is 56.8 Å². The van der Waals surface area contributed by atoms with Crippen molar-refractivity contribution in [3.05, 3.63) is 71.8 Å². The Hall–Kier alpha value is -2.47. The summed E-state index contributed by atoms with van der Waals surface area (Å²) in [6.07, 6.45) is 12.0. The molecule has 2 aromatic carbocycles. The van der Waals surface area contributed by atoms with E-state index in [0.717, 1.165) is 6.42 Å². The molecule has 0 radical (unpaired) electrons. The minimum Gasteiger partial charge on any atom is -0.460 e. The molecule has 2 aliphatic carbocycles. The van der Waals surface area contributed by atoms with Gasteiger partial charge in [-0.15, -0.1) is 0 Å². The van der Waals surface area contributed by atoms with Gasteiger partial charge in [-0.05, 0) is 60.8 Å². The fraction of sp³-hybridized carbons (Fsp3) is 0.500. The lowest BCUT2D eigenvalue weighted by Gasteiger charge is -2.36. The van der Waals surface area contributed by atoms with E-state index in [1.54, 1.807) is 7.11 Å². The third-order valence-corrected chi connectivity index (χ3v) is 7.36. The molecule has 1 saturated carbocycles. The summed E-state index contributed by atoms with van der Waals surface area (Å²) < 4.78 is 15.6. The number of methoxy groups -OCH3 is 1. The highest BCUT2D eigenvalue weighted by atomic mass is 16.6. The Morgan fingerprint density at radius 2 is 1.89 bits per heavy atom. The van der Waals surface area contributed by atoms with Crippen LogP contribution < -0.4 is 5.32 Å². The number of fused-ring (bicyclic) bond motifs is 1. The van der Waals surface area contributed by atoms with Crippen LogP contribution in [0.2, 0.25) is 0 Å². The van der Waals surface area contributed by atoms with E-state index < -0.39 is 0 Å². The minimum atomic E-state index is -0.262. The molecule has 2 aliphatic rings. The molecule has 0 heterocycles. The van der Waals surface area contributed by atoms with E-state index in [0.29, 0.717) is 49.3 Å². The molecule has 5 nitrogen and oxygen atoms in total. The number of carbonyl (C=O) groups is 1. The third-order valence-electron chi connectivity index (χ3n) is 7.36. The van der Waals surface area contributed by atoms with Crippen LogP contribution in [0.5, 0.6) is 0 Å². The fourth-order valence-corrected chi connectivity index (χ4v) is 5.50. The number of nitrogens with one attached hydrogen (secondary N) is 1. The van der Waals surface area contributed by atoms with Crippen molar-refractivity contribution in [1.29, 1.82) is 0 Å². The number of carbonyl (C=O) groups excluding carboxylic acids is 1. The first kappa shape index (κ1) is 25.6. The predicted octanol–water partition coefficient (Wildman–Crippen LogP) is 5.76. The summed E-state index contributed by atoms with van der Waals surface area (Å²) in [7, 11) is 1.63. The van der Waals surface area contributed by atoms with Gasteiger partial charge >= 0.3 is 5.97 Å². The van der Waals surface area contributed by atoms with Crippen LogP contribution in [-0.4, -0.2) is 45.5 Å². The Morgan fingerprint density at radius 3 is 2.71 bits per heavy atom. The second kappa shape index (κ2) is 13.0. The monoisotopic (exact) mass is 477 g/mol. The smallest absolute Gasteiger partial charge is 0.337 e. The fourth-order valence-electron chi connectivity index (χ4n) is 5.50. The predicted molar refractivity (Wildman–Crippen MR) is 140 cm³/mol. The lowest BCUT2D eigenvalue weighted by Crippen LogP contribution is -2.37. The zero-order chi connectivity index (χ0) is 24.5. The molecular weight excluding hydrogens is 438 g/mol. The molecule has 0 amide bonds. The standard InChI is InChI=1S/C30H39NO4/c1-22(28-12-6-8-24-7-3-4-11-29(24)28)31-27-10-5-9-26(21-27)23-13-15-25(16-14-23)30(32)35-20-19-34-18-17-33-2/h3-4,6-8,11-13,15-16,22-23,26-27,31H,5,9-10,14,17-21H2,1-2H3/t22?,23?,26-,27?/m0/s1. The van der Waals surface area contributed by atoms with Gasteiger partial charge in [0.05, 0.1) is 25.4 Å².